The third-order valence-corrected chi connectivity index (χ3v) is 10.4. The summed E-state index contributed by atoms with van der Waals surface area (Å²) in [5.41, 5.74) is 3.81. The monoisotopic (exact) mass is 356 g/mol. The van der Waals surface area contributed by atoms with Gasteiger partial charge in [0.1, 0.15) is 8.07 Å². The molecule has 2 rings (SSSR count). The van der Waals surface area contributed by atoms with Gasteiger partial charge in [0.2, 0.25) is 0 Å². The molecule has 0 saturated heterocycles. The standard InChI is InChI=1S/C24H40Si/c1-11-23(5,6)19-13-17(3)15-21(19)25(9,10)22-16-18(4)14-20(22)24(7,8)12-2/h13-18H,11-12H2,1-10H3. The predicted molar refractivity (Wildman–Crippen MR) is 116 cm³/mol. The van der Waals surface area contributed by atoms with Crippen molar-refractivity contribution in [3.8, 4) is 0 Å². The molecule has 0 heterocycles. The minimum atomic E-state index is -1.71. The lowest BCUT2D eigenvalue weighted by Crippen LogP contribution is -2.38. The summed E-state index contributed by atoms with van der Waals surface area (Å²) in [7, 11) is -1.71. The van der Waals surface area contributed by atoms with Crippen LogP contribution in [0.1, 0.15) is 68.2 Å². The molecular weight excluding hydrogens is 316 g/mol. The van der Waals surface area contributed by atoms with Crippen LogP contribution in [0.25, 0.3) is 0 Å². The molecule has 0 aliphatic heterocycles. The van der Waals surface area contributed by atoms with E-state index >= 15 is 0 Å². The fraction of sp³-hybridized carbons (Fsp3) is 0.667. The lowest BCUT2D eigenvalue weighted by atomic mass is 9.82. The lowest BCUT2D eigenvalue weighted by Gasteiger charge is -2.39. The smallest absolute Gasteiger partial charge is 0.0779 e. The lowest BCUT2D eigenvalue weighted by molar-refractivity contribution is 0.435. The van der Waals surface area contributed by atoms with Gasteiger partial charge in [0.15, 0.2) is 0 Å². The van der Waals surface area contributed by atoms with Crippen LogP contribution in [0, 0.1) is 22.7 Å². The van der Waals surface area contributed by atoms with Crippen LogP contribution in [0.5, 0.6) is 0 Å². The Morgan fingerprint density at radius 3 is 1.32 bits per heavy atom. The molecule has 2 aliphatic rings. The molecule has 0 fully saturated rings. The number of rotatable bonds is 6. The molecule has 2 unspecified atom stereocenters. The van der Waals surface area contributed by atoms with E-state index in [0.717, 1.165) is 0 Å². The van der Waals surface area contributed by atoms with Gasteiger partial charge in [-0.2, -0.15) is 0 Å². The van der Waals surface area contributed by atoms with Crippen LogP contribution >= 0.6 is 0 Å². The molecule has 2 aliphatic carbocycles. The zero-order valence-corrected chi connectivity index (χ0v) is 19.4. The van der Waals surface area contributed by atoms with E-state index in [1.165, 1.54) is 12.8 Å². The van der Waals surface area contributed by atoms with Gasteiger partial charge in [-0.25, -0.2) is 0 Å². The topological polar surface area (TPSA) is 0 Å². The molecule has 0 saturated carbocycles. The first-order valence-electron chi connectivity index (χ1n) is 10.3. The van der Waals surface area contributed by atoms with Gasteiger partial charge in [-0.15, -0.1) is 0 Å². The first kappa shape index (κ1) is 20.5. The van der Waals surface area contributed by atoms with Crippen molar-refractivity contribution < 1.29 is 0 Å². The van der Waals surface area contributed by atoms with E-state index in [-0.39, 0.29) is 10.8 Å². The molecule has 140 valence electrons. The highest BCUT2D eigenvalue weighted by atomic mass is 28.3. The molecule has 0 nitrogen and oxygen atoms in total. The van der Waals surface area contributed by atoms with Crippen LogP contribution in [0.3, 0.4) is 0 Å². The predicted octanol–water partition coefficient (Wildman–Crippen LogP) is 7.65. The number of hydrogen-bond acceptors (Lipinski definition) is 0. The summed E-state index contributed by atoms with van der Waals surface area (Å²) in [5.74, 6) is 1.15. The Morgan fingerprint density at radius 1 is 0.720 bits per heavy atom. The minimum absolute atomic E-state index is 0.274. The summed E-state index contributed by atoms with van der Waals surface area (Å²) in [6.07, 6.45) is 12.7. The fourth-order valence-electron chi connectivity index (χ4n) is 4.30. The van der Waals surface area contributed by atoms with Crippen molar-refractivity contribution in [2.45, 2.75) is 81.3 Å². The van der Waals surface area contributed by atoms with E-state index < -0.39 is 8.07 Å². The fourth-order valence-corrected chi connectivity index (χ4v) is 8.14. The Labute approximate surface area is 158 Å². The molecule has 0 aromatic rings. The first-order chi connectivity index (χ1) is 11.4. The van der Waals surface area contributed by atoms with Crippen LogP contribution in [0.4, 0.5) is 0 Å². The van der Waals surface area contributed by atoms with Gasteiger partial charge in [-0.1, -0.05) is 103 Å². The van der Waals surface area contributed by atoms with Crippen LogP contribution in [0.15, 0.2) is 45.8 Å². The van der Waals surface area contributed by atoms with E-state index in [4.69, 9.17) is 0 Å². The van der Waals surface area contributed by atoms with Crippen LogP contribution in [-0.2, 0) is 0 Å². The summed E-state index contributed by atoms with van der Waals surface area (Å²) < 4.78 is 0. The second kappa shape index (κ2) is 6.72. The van der Waals surface area contributed by atoms with E-state index in [1.54, 1.807) is 21.5 Å². The van der Waals surface area contributed by atoms with E-state index in [2.05, 4.69) is 92.8 Å². The quantitative estimate of drug-likeness (QED) is 0.429. The molecular formula is C24H40Si. The van der Waals surface area contributed by atoms with Crippen LogP contribution in [-0.4, -0.2) is 8.07 Å². The molecule has 0 N–H and O–H groups in total. The summed E-state index contributed by atoms with van der Waals surface area (Å²) in [6.45, 7) is 24.2. The number of hydrogen-bond donors (Lipinski definition) is 0. The van der Waals surface area contributed by atoms with Crippen molar-refractivity contribution in [3.05, 3.63) is 45.8 Å². The maximum Gasteiger partial charge on any atom is 0.112 e. The summed E-state index contributed by atoms with van der Waals surface area (Å²) in [4.78, 5) is 0. The molecule has 2 atom stereocenters. The second-order valence-corrected chi connectivity index (χ2v) is 14.5. The van der Waals surface area contributed by atoms with E-state index in [0.29, 0.717) is 11.8 Å². The van der Waals surface area contributed by atoms with Gasteiger partial charge >= 0.3 is 0 Å². The zero-order chi connectivity index (χ0) is 19.2. The highest BCUT2D eigenvalue weighted by Crippen LogP contribution is 2.50. The van der Waals surface area contributed by atoms with Crippen molar-refractivity contribution in [2.75, 3.05) is 0 Å². The maximum atomic E-state index is 2.58. The molecule has 0 amide bonds. The Morgan fingerprint density at radius 2 is 1.04 bits per heavy atom. The van der Waals surface area contributed by atoms with Gasteiger partial charge < -0.3 is 0 Å². The van der Waals surface area contributed by atoms with Crippen molar-refractivity contribution >= 4 is 8.07 Å². The average Bonchev–Trinajstić information content (AvgIpc) is 3.12. The zero-order valence-electron chi connectivity index (χ0n) is 18.4. The molecule has 1 heteroatoms. The van der Waals surface area contributed by atoms with Crippen molar-refractivity contribution in [1.82, 2.24) is 0 Å². The molecule has 0 spiro atoms. The molecule has 0 aromatic heterocycles. The van der Waals surface area contributed by atoms with E-state index in [1.807, 2.05) is 0 Å². The average molecular weight is 357 g/mol. The third-order valence-electron chi connectivity index (χ3n) is 6.87. The van der Waals surface area contributed by atoms with Crippen molar-refractivity contribution in [2.24, 2.45) is 22.7 Å². The van der Waals surface area contributed by atoms with Gasteiger partial charge in [-0.05, 0) is 46.7 Å². The minimum Gasteiger partial charge on any atom is -0.0779 e. The van der Waals surface area contributed by atoms with Crippen molar-refractivity contribution in [1.29, 1.82) is 0 Å². The van der Waals surface area contributed by atoms with Crippen LogP contribution in [0.2, 0.25) is 13.1 Å². The third kappa shape index (κ3) is 3.68. The largest absolute Gasteiger partial charge is 0.112 e. The summed E-state index contributed by atoms with van der Waals surface area (Å²) in [6, 6.07) is 0. The maximum absolute atomic E-state index is 2.58. The summed E-state index contributed by atoms with van der Waals surface area (Å²) in [5, 5.41) is 3.40. The van der Waals surface area contributed by atoms with Gasteiger partial charge in [-0.3, -0.25) is 0 Å². The van der Waals surface area contributed by atoms with Gasteiger partial charge in [0.05, 0.1) is 0 Å². The highest BCUT2D eigenvalue weighted by Gasteiger charge is 2.43. The van der Waals surface area contributed by atoms with Gasteiger partial charge in [0, 0.05) is 0 Å². The molecule has 0 bridgehead atoms. The number of allylic oxidation sites excluding steroid dienone is 8. The first-order valence-corrected chi connectivity index (χ1v) is 13.3. The van der Waals surface area contributed by atoms with Gasteiger partial charge in [0.25, 0.3) is 0 Å². The van der Waals surface area contributed by atoms with E-state index in [9.17, 15) is 0 Å². The Bertz CT molecular complexity index is 594. The molecule has 0 aromatic carbocycles. The Hall–Kier alpha value is -0.823. The highest BCUT2D eigenvalue weighted by molar-refractivity contribution is 6.92. The SMILES string of the molecule is CCC(C)(C)C1=CC(C)C=C1[Si](C)(C)C1=CC(C)C=C1C(C)(C)CC. The summed E-state index contributed by atoms with van der Waals surface area (Å²) >= 11 is 0. The normalized spacial score (nSPS) is 24.9. The molecule has 25 heavy (non-hydrogen) atoms. The molecule has 0 radical (unpaired) electrons. The Kier molecular flexibility index (Phi) is 5.51. The second-order valence-electron chi connectivity index (χ2n) is 10.1. The van der Waals surface area contributed by atoms with Crippen molar-refractivity contribution in [3.63, 3.8) is 0 Å². The van der Waals surface area contributed by atoms with Crippen LogP contribution < -0.4 is 0 Å². The Balaban J connectivity index is 2.52.